The minimum atomic E-state index is 0.0198. The molecule has 1 N–H and O–H groups in total. The van der Waals surface area contributed by atoms with Gasteiger partial charge >= 0.3 is 0 Å². The summed E-state index contributed by atoms with van der Waals surface area (Å²) >= 11 is 1.32. The number of hydrogen-bond acceptors (Lipinski definition) is 5. The standard InChI is InChI=1S/C13H22N4OS/c1-13(2,3)9-5-7-17(8-6-9)11(18)10-15-16-12(14-4)19-10/h9H,5-8H2,1-4H3,(H,14,16). The maximum atomic E-state index is 12.3. The molecule has 0 unspecified atom stereocenters. The molecule has 1 amide bonds. The van der Waals surface area contributed by atoms with Crippen LogP contribution in [0.2, 0.25) is 0 Å². The first kappa shape index (κ1) is 14.2. The Morgan fingerprint density at radius 1 is 1.32 bits per heavy atom. The predicted molar refractivity (Wildman–Crippen MR) is 77.5 cm³/mol. The van der Waals surface area contributed by atoms with Gasteiger partial charge in [-0.15, -0.1) is 10.2 Å². The van der Waals surface area contributed by atoms with Crippen molar-refractivity contribution in [3.8, 4) is 0 Å². The van der Waals surface area contributed by atoms with Crippen molar-refractivity contribution in [3.05, 3.63) is 5.01 Å². The van der Waals surface area contributed by atoms with Gasteiger partial charge in [-0.3, -0.25) is 4.79 Å². The average Bonchev–Trinajstić information content (AvgIpc) is 2.86. The Morgan fingerprint density at radius 2 is 1.95 bits per heavy atom. The van der Waals surface area contributed by atoms with Crippen molar-refractivity contribution in [2.45, 2.75) is 33.6 Å². The molecule has 0 atom stereocenters. The van der Waals surface area contributed by atoms with E-state index in [1.165, 1.54) is 11.3 Å². The number of hydrogen-bond donors (Lipinski definition) is 1. The highest BCUT2D eigenvalue weighted by Crippen LogP contribution is 2.34. The summed E-state index contributed by atoms with van der Waals surface area (Å²) in [6.45, 7) is 8.49. The summed E-state index contributed by atoms with van der Waals surface area (Å²) in [5, 5.41) is 11.9. The molecule has 1 aromatic heterocycles. The summed E-state index contributed by atoms with van der Waals surface area (Å²) < 4.78 is 0. The summed E-state index contributed by atoms with van der Waals surface area (Å²) in [5.41, 5.74) is 0.331. The molecule has 1 saturated heterocycles. The fraction of sp³-hybridized carbons (Fsp3) is 0.769. The van der Waals surface area contributed by atoms with Crippen LogP contribution in [0.5, 0.6) is 0 Å². The van der Waals surface area contributed by atoms with Crippen LogP contribution in [0.4, 0.5) is 5.13 Å². The largest absolute Gasteiger partial charge is 0.363 e. The van der Waals surface area contributed by atoms with Crippen molar-refractivity contribution in [3.63, 3.8) is 0 Å². The lowest BCUT2D eigenvalue weighted by Crippen LogP contribution is -2.41. The van der Waals surface area contributed by atoms with Crippen molar-refractivity contribution in [1.29, 1.82) is 0 Å². The minimum absolute atomic E-state index is 0.0198. The fourth-order valence-corrected chi connectivity index (χ4v) is 3.16. The van der Waals surface area contributed by atoms with Gasteiger partial charge in [-0.1, -0.05) is 32.1 Å². The summed E-state index contributed by atoms with van der Waals surface area (Å²) in [6, 6.07) is 0. The summed E-state index contributed by atoms with van der Waals surface area (Å²) in [6.07, 6.45) is 2.15. The van der Waals surface area contributed by atoms with E-state index in [1.807, 2.05) is 4.90 Å². The van der Waals surface area contributed by atoms with Gasteiger partial charge in [0, 0.05) is 20.1 Å². The van der Waals surface area contributed by atoms with Crippen molar-refractivity contribution >= 4 is 22.4 Å². The van der Waals surface area contributed by atoms with Crippen LogP contribution in [-0.2, 0) is 0 Å². The molecule has 0 bridgehead atoms. The van der Waals surface area contributed by atoms with Crippen molar-refractivity contribution in [2.24, 2.45) is 11.3 Å². The number of piperidine rings is 1. The SMILES string of the molecule is CNc1nnc(C(=O)N2CCC(C(C)(C)C)CC2)s1. The Labute approximate surface area is 118 Å². The molecular weight excluding hydrogens is 260 g/mol. The molecule has 6 heteroatoms. The van der Waals surface area contributed by atoms with Crippen LogP contribution in [-0.4, -0.2) is 41.1 Å². The van der Waals surface area contributed by atoms with Crippen LogP contribution in [0.3, 0.4) is 0 Å². The second-order valence-electron chi connectivity index (χ2n) is 6.09. The van der Waals surface area contributed by atoms with E-state index >= 15 is 0 Å². The van der Waals surface area contributed by atoms with Gasteiger partial charge in [0.25, 0.3) is 5.91 Å². The lowest BCUT2D eigenvalue weighted by molar-refractivity contribution is 0.0607. The Morgan fingerprint density at radius 3 is 2.42 bits per heavy atom. The van der Waals surface area contributed by atoms with Gasteiger partial charge in [-0.2, -0.15) is 0 Å². The lowest BCUT2D eigenvalue weighted by atomic mass is 9.75. The fourth-order valence-electron chi connectivity index (χ4n) is 2.49. The smallest absolute Gasteiger partial charge is 0.284 e. The van der Waals surface area contributed by atoms with Crippen LogP contribution in [0.15, 0.2) is 0 Å². The Bertz CT molecular complexity index is 444. The van der Waals surface area contributed by atoms with E-state index in [1.54, 1.807) is 7.05 Å². The number of carbonyl (C=O) groups excluding carboxylic acids is 1. The van der Waals surface area contributed by atoms with E-state index in [9.17, 15) is 4.79 Å². The van der Waals surface area contributed by atoms with Gasteiger partial charge in [-0.25, -0.2) is 0 Å². The van der Waals surface area contributed by atoms with E-state index in [2.05, 4.69) is 36.3 Å². The van der Waals surface area contributed by atoms with E-state index in [0.29, 0.717) is 21.5 Å². The number of carbonyl (C=O) groups is 1. The number of aromatic nitrogens is 2. The van der Waals surface area contributed by atoms with Gasteiger partial charge in [0.2, 0.25) is 10.1 Å². The van der Waals surface area contributed by atoms with Gasteiger partial charge in [0.1, 0.15) is 0 Å². The predicted octanol–water partition coefficient (Wildman–Crippen LogP) is 2.48. The molecule has 2 rings (SSSR count). The molecule has 1 aromatic rings. The van der Waals surface area contributed by atoms with Gasteiger partial charge in [-0.05, 0) is 24.2 Å². The molecule has 0 aromatic carbocycles. The molecule has 0 spiro atoms. The summed E-state index contributed by atoms with van der Waals surface area (Å²) in [5.74, 6) is 0.713. The molecule has 1 fully saturated rings. The third-order valence-electron chi connectivity index (χ3n) is 3.83. The second-order valence-corrected chi connectivity index (χ2v) is 7.07. The summed E-state index contributed by atoms with van der Waals surface area (Å²) in [7, 11) is 1.78. The molecule has 19 heavy (non-hydrogen) atoms. The van der Waals surface area contributed by atoms with Crippen LogP contribution in [0.25, 0.3) is 0 Å². The highest BCUT2D eigenvalue weighted by atomic mass is 32.1. The monoisotopic (exact) mass is 282 g/mol. The van der Waals surface area contributed by atoms with Crippen LogP contribution in [0, 0.1) is 11.3 Å². The number of nitrogens with one attached hydrogen (secondary N) is 1. The van der Waals surface area contributed by atoms with Crippen LogP contribution < -0.4 is 5.32 Å². The molecular formula is C13H22N4OS. The molecule has 0 saturated carbocycles. The zero-order valence-electron chi connectivity index (χ0n) is 12.1. The van der Waals surface area contributed by atoms with Crippen molar-refractivity contribution in [1.82, 2.24) is 15.1 Å². The lowest BCUT2D eigenvalue weighted by Gasteiger charge is -2.38. The van der Waals surface area contributed by atoms with Gasteiger partial charge in [0.15, 0.2) is 0 Å². The number of nitrogens with zero attached hydrogens (tertiary/aromatic N) is 3. The first-order valence-electron chi connectivity index (χ1n) is 6.72. The molecule has 5 nitrogen and oxygen atoms in total. The highest BCUT2D eigenvalue weighted by Gasteiger charge is 2.31. The van der Waals surface area contributed by atoms with Crippen LogP contribution in [0.1, 0.15) is 43.4 Å². The second kappa shape index (κ2) is 5.45. The zero-order valence-corrected chi connectivity index (χ0v) is 12.9. The molecule has 0 aliphatic carbocycles. The van der Waals surface area contributed by atoms with Crippen molar-refractivity contribution in [2.75, 3.05) is 25.5 Å². The third kappa shape index (κ3) is 3.23. The molecule has 106 valence electrons. The molecule has 1 aliphatic heterocycles. The Hall–Kier alpha value is -1.17. The third-order valence-corrected chi connectivity index (χ3v) is 4.76. The first-order valence-corrected chi connectivity index (χ1v) is 7.54. The number of anilines is 1. The highest BCUT2D eigenvalue weighted by molar-refractivity contribution is 7.17. The van der Waals surface area contributed by atoms with E-state index in [4.69, 9.17) is 0 Å². The number of rotatable bonds is 2. The normalized spacial score (nSPS) is 17.6. The first-order chi connectivity index (χ1) is 8.91. The Balaban J connectivity index is 1.96. The average molecular weight is 282 g/mol. The molecule has 1 aliphatic rings. The maximum Gasteiger partial charge on any atom is 0.284 e. The van der Waals surface area contributed by atoms with E-state index < -0.39 is 0 Å². The van der Waals surface area contributed by atoms with E-state index in [0.717, 1.165) is 25.9 Å². The zero-order chi connectivity index (χ0) is 14.0. The molecule has 2 heterocycles. The Kier molecular flexibility index (Phi) is 4.08. The molecule has 0 radical (unpaired) electrons. The van der Waals surface area contributed by atoms with E-state index in [-0.39, 0.29) is 5.91 Å². The number of likely N-dealkylation sites (tertiary alicyclic amines) is 1. The van der Waals surface area contributed by atoms with Gasteiger partial charge < -0.3 is 10.2 Å². The minimum Gasteiger partial charge on any atom is -0.363 e. The quantitative estimate of drug-likeness (QED) is 0.905. The number of amides is 1. The van der Waals surface area contributed by atoms with Gasteiger partial charge in [0.05, 0.1) is 0 Å². The maximum absolute atomic E-state index is 12.3. The van der Waals surface area contributed by atoms with Crippen molar-refractivity contribution < 1.29 is 4.79 Å². The van der Waals surface area contributed by atoms with Crippen LogP contribution >= 0.6 is 11.3 Å². The summed E-state index contributed by atoms with van der Waals surface area (Å²) in [4.78, 5) is 14.2. The topological polar surface area (TPSA) is 58.1 Å².